The summed E-state index contributed by atoms with van der Waals surface area (Å²) in [6.45, 7) is 6.67. The summed E-state index contributed by atoms with van der Waals surface area (Å²) in [6.07, 6.45) is 3.90. The Kier molecular flexibility index (Phi) is 8.14. The lowest BCUT2D eigenvalue weighted by Gasteiger charge is -2.31. The summed E-state index contributed by atoms with van der Waals surface area (Å²) in [5, 5.41) is 13.8. The molecule has 0 spiro atoms. The number of methoxy groups -OCH3 is 1. The fourth-order valence-electron chi connectivity index (χ4n) is 5.35. The van der Waals surface area contributed by atoms with E-state index < -0.39 is 0 Å². The first-order valence-corrected chi connectivity index (χ1v) is 13.5. The number of H-pyrrole nitrogens is 1. The molecule has 9 heteroatoms. The average Bonchev–Trinajstić information content (AvgIpc) is 3.62. The minimum atomic E-state index is -0.117. The molecule has 2 aromatic carbocycles. The number of ether oxygens (including phenoxy) is 2. The maximum Gasteiger partial charge on any atom is 0.252 e. The van der Waals surface area contributed by atoms with Gasteiger partial charge in [-0.3, -0.25) is 9.69 Å². The van der Waals surface area contributed by atoms with Gasteiger partial charge in [0.2, 0.25) is 0 Å². The van der Waals surface area contributed by atoms with Gasteiger partial charge in [0.15, 0.2) is 5.82 Å². The largest absolute Gasteiger partial charge is 0.496 e. The fourth-order valence-corrected chi connectivity index (χ4v) is 5.35. The molecule has 4 aromatic rings. The van der Waals surface area contributed by atoms with Crippen LogP contribution in [0.15, 0.2) is 53.3 Å². The number of hydrogen-bond acceptors (Lipinski definition) is 7. The van der Waals surface area contributed by atoms with Crippen LogP contribution in [0.1, 0.15) is 61.7 Å². The Morgan fingerprint density at radius 2 is 2.00 bits per heavy atom. The number of nitrogens with one attached hydrogen (secondary N) is 1. The Morgan fingerprint density at radius 3 is 2.76 bits per heavy atom. The molecule has 0 amide bonds. The van der Waals surface area contributed by atoms with Crippen molar-refractivity contribution in [2.24, 2.45) is 0 Å². The van der Waals surface area contributed by atoms with Gasteiger partial charge in [-0.25, -0.2) is 4.68 Å². The number of aryl methyl sites for hydroxylation is 1. The van der Waals surface area contributed by atoms with E-state index in [1.165, 1.54) is 5.56 Å². The van der Waals surface area contributed by atoms with Gasteiger partial charge < -0.3 is 14.5 Å². The molecule has 5 rings (SSSR count). The van der Waals surface area contributed by atoms with Crippen molar-refractivity contribution in [1.82, 2.24) is 30.1 Å². The lowest BCUT2D eigenvalue weighted by Crippen LogP contribution is -2.33. The monoisotopic (exact) mass is 516 g/mol. The molecule has 0 saturated carbocycles. The van der Waals surface area contributed by atoms with Gasteiger partial charge in [0, 0.05) is 36.3 Å². The Morgan fingerprint density at radius 1 is 1.16 bits per heavy atom. The van der Waals surface area contributed by atoms with Crippen LogP contribution >= 0.6 is 0 Å². The molecule has 0 aliphatic carbocycles. The standard InChI is InChI=1S/C29H36N6O3/c1-4-20-12-13-25-22(15-20)16-23(29(36)30-25)18-34(17-21-9-6-7-11-27(21)37-3)26(5-2)28-31-32-33-35(28)19-24-10-8-14-38-24/h6-7,9,11-13,15-16,24,26H,4-5,8,10,14,17-19H2,1-3H3,(H,30,36)/t24-,26+/m0/s1. The first-order chi connectivity index (χ1) is 18.6. The second kappa shape index (κ2) is 11.9. The van der Waals surface area contributed by atoms with E-state index in [2.05, 4.69) is 57.5 Å². The molecule has 3 heterocycles. The molecule has 9 nitrogen and oxygen atoms in total. The Labute approximate surface area is 222 Å². The summed E-state index contributed by atoms with van der Waals surface area (Å²) in [5.41, 5.74) is 3.75. The van der Waals surface area contributed by atoms with Crippen LogP contribution < -0.4 is 10.3 Å². The molecule has 1 fully saturated rings. The van der Waals surface area contributed by atoms with Crippen LogP contribution in [0.4, 0.5) is 0 Å². The zero-order chi connectivity index (χ0) is 26.5. The van der Waals surface area contributed by atoms with Crippen LogP contribution in [0.2, 0.25) is 0 Å². The first-order valence-electron chi connectivity index (χ1n) is 13.5. The van der Waals surface area contributed by atoms with Gasteiger partial charge in [-0.1, -0.05) is 38.1 Å². The number of para-hydroxylation sites is 1. The molecule has 1 saturated heterocycles. The van der Waals surface area contributed by atoms with Crippen LogP contribution in [0.5, 0.6) is 5.75 Å². The maximum atomic E-state index is 13.2. The van der Waals surface area contributed by atoms with Crippen LogP contribution in [0.3, 0.4) is 0 Å². The zero-order valence-corrected chi connectivity index (χ0v) is 22.4. The summed E-state index contributed by atoms with van der Waals surface area (Å²) in [5.74, 6) is 1.59. The third kappa shape index (κ3) is 5.63. The number of aromatic amines is 1. The van der Waals surface area contributed by atoms with Crippen molar-refractivity contribution in [3.63, 3.8) is 0 Å². The molecule has 0 unspecified atom stereocenters. The van der Waals surface area contributed by atoms with Crippen LogP contribution in [-0.2, 0) is 30.8 Å². The van der Waals surface area contributed by atoms with Crippen molar-refractivity contribution < 1.29 is 9.47 Å². The molecule has 38 heavy (non-hydrogen) atoms. The molecule has 0 bridgehead atoms. The fraction of sp³-hybridized carbons (Fsp3) is 0.448. The quantitative estimate of drug-likeness (QED) is 0.315. The summed E-state index contributed by atoms with van der Waals surface area (Å²) in [6, 6.07) is 16.1. The highest BCUT2D eigenvalue weighted by atomic mass is 16.5. The van der Waals surface area contributed by atoms with Gasteiger partial charge in [0.25, 0.3) is 5.56 Å². The van der Waals surface area contributed by atoms with Crippen LogP contribution in [0, 0.1) is 0 Å². The van der Waals surface area contributed by atoms with Gasteiger partial charge in [-0.05, 0) is 71.3 Å². The van der Waals surface area contributed by atoms with Gasteiger partial charge in [-0.2, -0.15) is 0 Å². The van der Waals surface area contributed by atoms with E-state index in [0.29, 0.717) is 25.2 Å². The molecule has 1 N–H and O–H groups in total. The normalized spacial score (nSPS) is 16.4. The smallest absolute Gasteiger partial charge is 0.252 e. The number of benzene rings is 2. The van der Waals surface area contributed by atoms with Crippen LogP contribution in [0.25, 0.3) is 10.9 Å². The van der Waals surface area contributed by atoms with Gasteiger partial charge in [0.1, 0.15) is 5.75 Å². The van der Waals surface area contributed by atoms with E-state index in [0.717, 1.165) is 60.3 Å². The molecule has 0 radical (unpaired) electrons. The molecule has 2 aromatic heterocycles. The van der Waals surface area contributed by atoms with Crippen molar-refractivity contribution in [3.05, 3.63) is 81.4 Å². The molecule has 2 atom stereocenters. The number of rotatable bonds is 11. The lowest BCUT2D eigenvalue weighted by atomic mass is 10.1. The predicted molar refractivity (Wildman–Crippen MR) is 146 cm³/mol. The van der Waals surface area contributed by atoms with Crippen molar-refractivity contribution >= 4 is 10.9 Å². The number of aromatic nitrogens is 5. The second-order valence-electron chi connectivity index (χ2n) is 9.89. The third-order valence-electron chi connectivity index (χ3n) is 7.42. The summed E-state index contributed by atoms with van der Waals surface area (Å²) < 4.78 is 13.4. The first kappa shape index (κ1) is 26.1. The van der Waals surface area contributed by atoms with E-state index in [9.17, 15) is 4.79 Å². The SMILES string of the molecule is CCc1ccc2[nH]c(=O)c(CN(Cc3ccccc3OC)[C@H](CC)c3nnnn3C[C@@H]3CCCO3)cc2c1. The minimum absolute atomic E-state index is 0.0828. The van der Waals surface area contributed by atoms with Gasteiger partial charge in [-0.15, -0.1) is 5.10 Å². The van der Waals surface area contributed by atoms with Crippen molar-refractivity contribution in [1.29, 1.82) is 0 Å². The van der Waals surface area contributed by atoms with Crippen molar-refractivity contribution in [2.75, 3.05) is 13.7 Å². The van der Waals surface area contributed by atoms with E-state index in [-0.39, 0.29) is 17.7 Å². The van der Waals surface area contributed by atoms with Crippen LogP contribution in [-0.4, -0.2) is 49.9 Å². The van der Waals surface area contributed by atoms with E-state index >= 15 is 0 Å². The number of pyridine rings is 1. The summed E-state index contributed by atoms with van der Waals surface area (Å²) >= 11 is 0. The minimum Gasteiger partial charge on any atom is -0.496 e. The molecule has 1 aliphatic heterocycles. The predicted octanol–water partition coefficient (Wildman–Crippen LogP) is 4.42. The number of hydrogen-bond donors (Lipinski definition) is 1. The average molecular weight is 517 g/mol. The third-order valence-corrected chi connectivity index (χ3v) is 7.42. The summed E-state index contributed by atoms with van der Waals surface area (Å²) in [4.78, 5) is 18.6. The maximum absolute atomic E-state index is 13.2. The Bertz CT molecular complexity index is 1430. The highest BCUT2D eigenvalue weighted by Crippen LogP contribution is 2.30. The molecule has 1 aliphatic rings. The Balaban J connectivity index is 1.53. The Hall–Kier alpha value is -3.56. The topological polar surface area (TPSA) is 98.2 Å². The molecule has 200 valence electrons. The summed E-state index contributed by atoms with van der Waals surface area (Å²) in [7, 11) is 1.68. The highest BCUT2D eigenvalue weighted by Gasteiger charge is 2.28. The van der Waals surface area contributed by atoms with Crippen molar-refractivity contribution in [3.8, 4) is 5.75 Å². The van der Waals surface area contributed by atoms with E-state index in [4.69, 9.17) is 9.47 Å². The van der Waals surface area contributed by atoms with Gasteiger partial charge in [0.05, 0.1) is 25.8 Å². The molecular weight excluding hydrogens is 480 g/mol. The second-order valence-corrected chi connectivity index (χ2v) is 9.89. The van der Waals surface area contributed by atoms with E-state index in [1.807, 2.05) is 35.0 Å². The van der Waals surface area contributed by atoms with E-state index in [1.54, 1.807) is 7.11 Å². The zero-order valence-electron chi connectivity index (χ0n) is 22.4. The van der Waals surface area contributed by atoms with Crippen molar-refractivity contribution in [2.45, 2.75) is 71.3 Å². The number of nitrogens with zero attached hydrogens (tertiary/aromatic N) is 5. The molecular formula is C29H36N6O3. The highest BCUT2D eigenvalue weighted by molar-refractivity contribution is 5.79. The number of tetrazole rings is 1. The number of fused-ring (bicyclic) bond motifs is 1. The van der Waals surface area contributed by atoms with Gasteiger partial charge >= 0.3 is 0 Å². The lowest BCUT2D eigenvalue weighted by molar-refractivity contribution is 0.0887.